The van der Waals surface area contributed by atoms with E-state index < -0.39 is 0 Å². The smallest absolute Gasteiger partial charge is 0.153 e. The highest BCUT2D eigenvalue weighted by Gasteiger charge is 2.20. The fourth-order valence-corrected chi connectivity index (χ4v) is 2.90. The summed E-state index contributed by atoms with van der Waals surface area (Å²) in [7, 11) is 1.88. The molecule has 0 aromatic carbocycles. The first-order chi connectivity index (χ1) is 8.22. The molecule has 0 bridgehead atoms. The molecule has 3 N–H and O–H groups in total. The molecule has 17 heavy (non-hydrogen) atoms. The average molecular weight is 300 g/mol. The molecule has 1 aromatic heterocycles. The molecule has 1 aliphatic rings. The third-order valence-corrected chi connectivity index (χ3v) is 3.77. The van der Waals surface area contributed by atoms with Gasteiger partial charge in [0.15, 0.2) is 4.60 Å². The number of hydrogen-bond donors (Lipinski definition) is 2. The third kappa shape index (κ3) is 2.94. The van der Waals surface area contributed by atoms with E-state index >= 15 is 0 Å². The van der Waals surface area contributed by atoms with Gasteiger partial charge in [0.25, 0.3) is 0 Å². The van der Waals surface area contributed by atoms with Gasteiger partial charge in [0, 0.05) is 7.05 Å². The standard InChI is InChI=1S/C11H18BrN5/c1-17-10(11(12)15-16-17)9(14-13)7-8-5-3-2-4-6-8/h5,9,14H,2-4,6-7,13H2,1H3. The van der Waals surface area contributed by atoms with Gasteiger partial charge in [0.05, 0.1) is 11.7 Å². The summed E-state index contributed by atoms with van der Waals surface area (Å²) >= 11 is 3.41. The van der Waals surface area contributed by atoms with E-state index in [1.54, 1.807) is 4.68 Å². The zero-order valence-electron chi connectivity index (χ0n) is 9.99. The molecule has 0 radical (unpaired) electrons. The van der Waals surface area contributed by atoms with E-state index in [2.05, 4.69) is 37.7 Å². The number of allylic oxidation sites excluding steroid dienone is 1. The van der Waals surface area contributed by atoms with Crippen LogP contribution in [0.3, 0.4) is 0 Å². The molecule has 94 valence electrons. The Morgan fingerprint density at radius 1 is 1.59 bits per heavy atom. The molecule has 1 unspecified atom stereocenters. The van der Waals surface area contributed by atoms with Gasteiger partial charge >= 0.3 is 0 Å². The Morgan fingerprint density at radius 2 is 2.41 bits per heavy atom. The topological polar surface area (TPSA) is 68.8 Å². The summed E-state index contributed by atoms with van der Waals surface area (Å²) in [6.07, 6.45) is 8.23. The number of nitrogens with two attached hydrogens (primary N) is 1. The van der Waals surface area contributed by atoms with Crippen molar-refractivity contribution in [1.82, 2.24) is 20.4 Å². The van der Waals surface area contributed by atoms with Crippen molar-refractivity contribution in [3.8, 4) is 0 Å². The molecule has 1 atom stereocenters. The van der Waals surface area contributed by atoms with E-state index in [0.717, 1.165) is 16.7 Å². The molecule has 1 aromatic rings. The van der Waals surface area contributed by atoms with Crippen LogP contribution in [0.15, 0.2) is 16.3 Å². The molecule has 2 rings (SSSR count). The van der Waals surface area contributed by atoms with Crippen molar-refractivity contribution >= 4 is 15.9 Å². The van der Waals surface area contributed by atoms with Gasteiger partial charge in [-0.3, -0.25) is 11.3 Å². The average Bonchev–Trinajstić information content (AvgIpc) is 2.68. The van der Waals surface area contributed by atoms with Crippen LogP contribution >= 0.6 is 15.9 Å². The van der Waals surface area contributed by atoms with Gasteiger partial charge < -0.3 is 0 Å². The maximum atomic E-state index is 5.65. The predicted octanol–water partition coefficient (Wildman–Crippen LogP) is 1.97. The molecule has 0 spiro atoms. The largest absolute Gasteiger partial charge is 0.271 e. The van der Waals surface area contributed by atoms with Crippen LogP contribution in [-0.4, -0.2) is 15.0 Å². The minimum atomic E-state index is 0.0636. The van der Waals surface area contributed by atoms with Crippen LogP contribution in [0.4, 0.5) is 0 Å². The predicted molar refractivity (Wildman–Crippen MR) is 69.9 cm³/mol. The highest BCUT2D eigenvalue weighted by molar-refractivity contribution is 9.10. The lowest BCUT2D eigenvalue weighted by molar-refractivity contribution is 0.491. The number of aryl methyl sites for hydroxylation is 1. The molecule has 1 heterocycles. The van der Waals surface area contributed by atoms with Gasteiger partial charge in [-0.15, -0.1) is 5.10 Å². The first-order valence-electron chi connectivity index (χ1n) is 5.91. The Bertz CT molecular complexity index is 392. The highest BCUT2D eigenvalue weighted by Crippen LogP contribution is 2.29. The van der Waals surface area contributed by atoms with Crippen LogP contribution in [0, 0.1) is 0 Å². The SMILES string of the molecule is Cn1nnc(Br)c1C(CC1=CCCCC1)NN. The lowest BCUT2D eigenvalue weighted by Gasteiger charge is -2.20. The zero-order valence-corrected chi connectivity index (χ0v) is 11.6. The van der Waals surface area contributed by atoms with Gasteiger partial charge in [-0.2, -0.15) is 0 Å². The van der Waals surface area contributed by atoms with Gasteiger partial charge in [0.2, 0.25) is 0 Å². The first-order valence-corrected chi connectivity index (χ1v) is 6.70. The van der Waals surface area contributed by atoms with E-state index in [1.807, 2.05) is 7.05 Å². The monoisotopic (exact) mass is 299 g/mol. The summed E-state index contributed by atoms with van der Waals surface area (Å²) < 4.78 is 2.53. The van der Waals surface area contributed by atoms with Crippen molar-refractivity contribution in [2.45, 2.75) is 38.1 Å². The number of hydrogen-bond acceptors (Lipinski definition) is 4. The number of nitrogens with zero attached hydrogens (tertiary/aromatic N) is 3. The van der Waals surface area contributed by atoms with E-state index in [4.69, 9.17) is 5.84 Å². The van der Waals surface area contributed by atoms with Crippen LogP contribution in [0.25, 0.3) is 0 Å². The Morgan fingerprint density at radius 3 is 2.94 bits per heavy atom. The summed E-state index contributed by atoms with van der Waals surface area (Å²) in [5.41, 5.74) is 5.34. The van der Waals surface area contributed by atoms with Crippen LogP contribution < -0.4 is 11.3 Å². The molecule has 5 nitrogen and oxygen atoms in total. The minimum absolute atomic E-state index is 0.0636. The first kappa shape index (κ1) is 12.7. The molecule has 0 fully saturated rings. The lowest BCUT2D eigenvalue weighted by atomic mass is 9.93. The van der Waals surface area contributed by atoms with Crippen LogP contribution in [0.1, 0.15) is 43.8 Å². The lowest BCUT2D eigenvalue weighted by Crippen LogP contribution is -2.30. The van der Waals surface area contributed by atoms with E-state index in [0.29, 0.717) is 0 Å². The summed E-state index contributed by atoms with van der Waals surface area (Å²) in [6, 6.07) is 0.0636. The van der Waals surface area contributed by atoms with Crippen molar-refractivity contribution in [2.24, 2.45) is 12.9 Å². The second-order valence-electron chi connectivity index (χ2n) is 4.42. The number of rotatable bonds is 4. The third-order valence-electron chi connectivity index (χ3n) is 3.21. The minimum Gasteiger partial charge on any atom is -0.271 e. The van der Waals surface area contributed by atoms with Gasteiger partial charge in [-0.05, 0) is 48.0 Å². The molecular weight excluding hydrogens is 282 g/mol. The van der Waals surface area contributed by atoms with Crippen LogP contribution in [0.2, 0.25) is 0 Å². The Balaban J connectivity index is 2.14. The Kier molecular flexibility index (Phi) is 4.31. The van der Waals surface area contributed by atoms with Crippen molar-refractivity contribution < 1.29 is 0 Å². The number of nitrogens with one attached hydrogen (secondary N) is 1. The fraction of sp³-hybridized carbons (Fsp3) is 0.636. The molecule has 6 heteroatoms. The second-order valence-corrected chi connectivity index (χ2v) is 5.17. The normalized spacial score (nSPS) is 17.9. The maximum Gasteiger partial charge on any atom is 0.153 e. The van der Waals surface area contributed by atoms with E-state index in [9.17, 15) is 0 Å². The van der Waals surface area contributed by atoms with Crippen molar-refractivity contribution in [2.75, 3.05) is 0 Å². The summed E-state index contributed by atoms with van der Waals surface area (Å²) in [5.74, 6) is 5.65. The zero-order chi connectivity index (χ0) is 12.3. The van der Waals surface area contributed by atoms with E-state index in [-0.39, 0.29) is 6.04 Å². The number of hydrazine groups is 1. The summed E-state index contributed by atoms with van der Waals surface area (Å²) in [4.78, 5) is 0. The second kappa shape index (κ2) is 5.75. The Labute approximate surface area is 110 Å². The molecule has 0 saturated heterocycles. The van der Waals surface area contributed by atoms with Crippen molar-refractivity contribution in [3.63, 3.8) is 0 Å². The maximum absolute atomic E-state index is 5.65. The highest BCUT2D eigenvalue weighted by atomic mass is 79.9. The molecular formula is C11H18BrN5. The number of aromatic nitrogens is 3. The quantitative estimate of drug-likeness (QED) is 0.507. The molecule has 0 aliphatic heterocycles. The summed E-state index contributed by atoms with van der Waals surface area (Å²) in [6.45, 7) is 0. The van der Waals surface area contributed by atoms with Crippen molar-refractivity contribution in [3.05, 3.63) is 21.9 Å². The molecule has 0 saturated carbocycles. The van der Waals surface area contributed by atoms with Gasteiger partial charge in [0.1, 0.15) is 0 Å². The summed E-state index contributed by atoms with van der Waals surface area (Å²) in [5, 5.41) is 7.98. The van der Waals surface area contributed by atoms with Gasteiger partial charge in [-0.25, -0.2) is 4.68 Å². The molecule has 1 aliphatic carbocycles. The van der Waals surface area contributed by atoms with Crippen molar-refractivity contribution in [1.29, 1.82) is 0 Å². The van der Waals surface area contributed by atoms with E-state index in [1.165, 1.54) is 31.3 Å². The van der Waals surface area contributed by atoms with Crippen LogP contribution in [0.5, 0.6) is 0 Å². The Hall–Kier alpha value is -0.720. The molecule has 0 amide bonds. The fourth-order valence-electron chi connectivity index (χ4n) is 2.30. The van der Waals surface area contributed by atoms with Gasteiger partial charge in [-0.1, -0.05) is 16.9 Å². The number of halogens is 1. The van der Waals surface area contributed by atoms with Crippen LogP contribution in [-0.2, 0) is 7.05 Å².